The molecule has 0 heterocycles. The van der Waals surface area contributed by atoms with E-state index in [0.717, 1.165) is 12.0 Å². The fraction of sp³-hybridized carbons (Fsp3) is 0.467. The molecule has 1 rings (SSSR count). The van der Waals surface area contributed by atoms with Crippen LogP contribution in [0, 0.1) is 5.92 Å². The lowest BCUT2D eigenvalue weighted by atomic mass is 10.1. The Hall–Kier alpha value is -1.88. The first-order valence-corrected chi connectivity index (χ1v) is 6.82. The predicted octanol–water partition coefficient (Wildman–Crippen LogP) is 1.42. The van der Waals surface area contributed by atoms with Crippen LogP contribution in [0.1, 0.15) is 35.7 Å². The Bertz CT molecular complexity index is 443. The van der Waals surface area contributed by atoms with Crippen LogP contribution in [0.4, 0.5) is 0 Å². The highest BCUT2D eigenvalue weighted by Crippen LogP contribution is 2.05. The number of hydrogen-bond acceptors (Lipinski definition) is 3. The Labute approximate surface area is 119 Å². The summed E-state index contributed by atoms with van der Waals surface area (Å²) in [5.74, 6) is -0.532. The Balaban J connectivity index is 2.26. The molecular weight excluding hydrogens is 256 g/mol. The van der Waals surface area contributed by atoms with Crippen molar-refractivity contribution in [1.29, 1.82) is 0 Å². The van der Waals surface area contributed by atoms with Crippen molar-refractivity contribution in [2.24, 2.45) is 11.7 Å². The van der Waals surface area contributed by atoms with Gasteiger partial charge in [-0.2, -0.15) is 0 Å². The van der Waals surface area contributed by atoms with E-state index in [0.29, 0.717) is 31.8 Å². The topological polar surface area (TPSA) is 92.4 Å². The maximum absolute atomic E-state index is 11.6. The molecule has 20 heavy (non-hydrogen) atoms. The Morgan fingerprint density at radius 2 is 1.95 bits per heavy atom. The molecule has 0 bridgehead atoms. The summed E-state index contributed by atoms with van der Waals surface area (Å²) < 4.78 is 0. The van der Waals surface area contributed by atoms with Gasteiger partial charge in [0.05, 0.1) is 5.56 Å². The number of amides is 1. The van der Waals surface area contributed by atoms with Crippen molar-refractivity contribution in [3.05, 3.63) is 35.4 Å². The van der Waals surface area contributed by atoms with Gasteiger partial charge in [0.1, 0.15) is 0 Å². The monoisotopic (exact) mass is 278 g/mol. The van der Waals surface area contributed by atoms with E-state index in [1.54, 1.807) is 24.3 Å². The van der Waals surface area contributed by atoms with Crippen LogP contribution in [0.3, 0.4) is 0 Å². The van der Waals surface area contributed by atoms with Gasteiger partial charge in [-0.25, -0.2) is 4.79 Å². The van der Waals surface area contributed by atoms with Crippen molar-refractivity contribution in [3.8, 4) is 0 Å². The van der Waals surface area contributed by atoms with Crippen LogP contribution in [0.2, 0.25) is 0 Å². The molecule has 0 aliphatic heterocycles. The first-order valence-electron chi connectivity index (χ1n) is 6.82. The highest BCUT2D eigenvalue weighted by atomic mass is 16.4. The van der Waals surface area contributed by atoms with Crippen LogP contribution < -0.4 is 11.1 Å². The van der Waals surface area contributed by atoms with Crippen LogP contribution in [-0.4, -0.2) is 30.1 Å². The normalized spacial score (nSPS) is 11.9. The van der Waals surface area contributed by atoms with E-state index in [-0.39, 0.29) is 11.5 Å². The lowest BCUT2D eigenvalue weighted by Gasteiger charge is -2.08. The van der Waals surface area contributed by atoms with Crippen molar-refractivity contribution in [2.75, 3.05) is 13.1 Å². The van der Waals surface area contributed by atoms with E-state index in [1.807, 2.05) is 6.92 Å². The number of carbonyl (C=O) groups is 2. The minimum atomic E-state index is -0.932. The molecule has 0 saturated carbocycles. The van der Waals surface area contributed by atoms with Crippen LogP contribution in [0.25, 0.3) is 0 Å². The zero-order chi connectivity index (χ0) is 15.0. The van der Waals surface area contributed by atoms with Gasteiger partial charge < -0.3 is 16.2 Å². The van der Waals surface area contributed by atoms with E-state index in [1.165, 1.54) is 0 Å². The maximum atomic E-state index is 11.6. The molecule has 0 saturated heterocycles. The molecular formula is C15H22N2O3. The van der Waals surface area contributed by atoms with Gasteiger partial charge in [0.15, 0.2) is 0 Å². The average Bonchev–Trinajstić information content (AvgIpc) is 2.45. The average molecular weight is 278 g/mol. The zero-order valence-corrected chi connectivity index (χ0v) is 11.8. The van der Waals surface area contributed by atoms with Gasteiger partial charge >= 0.3 is 5.97 Å². The molecule has 1 atom stereocenters. The molecule has 0 spiro atoms. The Morgan fingerprint density at radius 1 is 1.30 bits per heavy atom. The van der Waals surface area contributed by atoms with Gasteiger partial charge in [-0.1, -0.05) is 19.1 Å². The zero-order valence-electron chi connectivity index (χ0n) is 11.8. The van der Waals surface area contributed by atoms with Crippen molar-refractivity contribution >= 4 is 11.9 Å². The standard InChI is InChI=1S/C15H22N2O3/c1-11(10-16)2-7-14(18)17-9-8-12-3-5-13(6-4-12)15(19)20/h3-6,11H,2,7-10,16H2,1H3,(H,17,18)(H,19,20). The van der Waals surface area contributed by atoms with Crippen LogP contribution >= 0.6 is 0 Å². The summed E-state index contributed by atoms with van der Waals surface area (Å²) in [4.78, 5) is 22.3. The quantitative estimate of drug-likeness (QED) is 0.670. The number of rotatable bonds is 8. The van der Waals surface area contributed by atoms with E-state index in [9.17, 15) is 9.59 Å². The largest absolute Gasteiger partial charge is 0.478 e. The first-order chi connectivity index (χ1) is 9.52. The SMILES string of the molecule is CC(CN)CCC(=O)NCCc1ccc(C(=O)O)cc1. The first kappa shape index (κ1) is 16.2. The molecule has 1 aromatic carbocycles. The van der Waals surface area contributed by atoms with Crippen molar-refractivity contribution in [1.82, 2.24) is 5.32 Å². The molecule has 4 N–H and O–H groups in total. The molecule has 0 aliphatic rings. The molecule has 0 fully saturated rings. The minimum Gasteiger partial charge on any atom is -0.478 e. The van der Waals surface area contributed by atoms with E-state index in [2.05, 4.69) is 5.32 Å². The molecule has 0 aromatic heterocycles. The van der Waals surface area contributed by atoms with Crippen molar-refractivity contribution in [3.63, 3.8) is 0 Å². The molecule has 5 heteroatoms. The highest BCUT2D eigenvalue weighted by Gasteiger charge is 2.05. The van der Waals surface area contributed by atoms with Gasteiger partial charge in [0.25, 0.3) is 0 Å². The molecule has 110 valence electrons. The number of benzene rings is 1. The van der Waals surface area contributed by atoms with Gasteiger partial charge in [0.2, 0.25) is 5.91 Å². The number of nitrogens with two attached hydrogens (primary N) is 1. The second-order valence-electron chi connectivity index (χ2n) is 4.98. The number of carboxylic acid groups (broad SMARTS) is 1. The predicted molar refractivity (Wildman–Crippen MR) is 77.6 cm³/mol. The van der Waals surface area contributed by atoms with Crippen LogP contribution in [-0.2, 0) is 11.2 Å². The Kier molecular flexibility index (Phi) is 6.73. The number of carbonyl (C=O) groups excluding carboxylic acids is 1. The summed E-state index contributed by atoms with van der Waals surface area (Å²) in [6.45, 7) is 3.18. The van der Waals surface area contributed by atoms with Crippen molar-refractivity contribution in [2.45, 2.75) is 26.2 Å². The fourth-order valence-electron chi connectivity index (χ4n) is 1.74. The summed E-state index contributed by atoms with van der Waals surface area (Å²) in [6.07, 6.45) is 1.99. The fourth-order valence-corrected chi connectivity index (χ4v) is 1.74. The van der Waals surface area contributed by atoms with E-state index >= 15 is 0 Å². The Morgan fingerprint density at radius 3 is 2.50 bits per heavy atom. The molecule has 1 unspecified atom stereocenters. The molecule has 0 aliphatic carbocycles. The summed E-state index contributed by atoms with van der Waals surface area (Å²) in [6, 6.07) is 6.68. The number of aromatic carboxylic acids is 1. The van der Waals surface area contributed by atoms with Gasteiger partial charge in [-0.3, -0.25) is 4.79 Å². The lowest BCUT2D eigenvalue weighted by molar-refractivity contribution is -0.121. The third-order valence-electron chi connectivity index (χ3n) is 3.20. The molecule has 1 aromatic rings. The molecule has 0 radical (unpaired) electrons. The third-order valence-corrected chi connectivity index (χ3v) is 3.20. The molecule has 5 nitrogen and oxygen atoms in total. The number of hydrogen-bond donors (Lipinski definition) is 3. The number of carboxylic acids is 1. The third kappa shape index (κ3) is 5.84. The highest BCUT2D eigenvalue weighted by molar-refractivity contribution is 5.87. The maximum Gasteiger partial charge on any atom is 0.335 e. The van der Waals surface area contributed by atoms with Gasteiger partial charge in [0, 0.05) is 13.0 Å². The summed E-state index contributed by atoms with van der Waals surface area (Å²) in [5, 5.41) is 11.6. The van der Waals surface area contributed by atoms with Gasteiger partial charge in [-0.05, 0) is 43.0 Å². The minimum absolute atomic E-state index is 0.0347. The second kappa shape index (κ2) is 8.32. The second-order valence-corrected chi connectivity index (χ2v) is 4.98. The smallest absolute Gasteiger partial charge is 0.335 e. The molecule has 1 amide bonds. The summed E-state index contributed by atoms with van der Waals surface area (Å²) in [5.41, 5.74) is 6.77. The van der Waals surface area contributed by atoms with Crippen LogP contribution in [0.5, 0.6) is 0 Å². The lowest BCUT2D eigenvalue weighted by Crippen LogP contribution is -2.26. The van der Waals surface area contributed by atoms with Crippen molar-refractivity contribution < 1.29 is 14.7 Å². The van der Waals surface area contributed by atoms with E-state index in [4.69, 9.17) is 10.8 Å². The van der Waals surface area contributed by atoms with Gasteiger partial charge in [-0.15, -0.1) is 0 Å². The number of nitrogens with one attached hydrogen (secondary N) is 1. The summed E-state index contributed by atoms with van der Waals surface area (Å²) in [7, 11) is 0. The van der Waals surface area contributed by atoms with Crippen LogP contribution in [0.15, 0.2) is 24.3 Å². The summed E-state index contributed by atoms with van der Waals surface area (Å²) >= 11 is 0. The van der Waals surface area contributed by atoms with E-state index < -0.39 is 5.97 Å².